The van der Waals surface area contributed by atoms with E-state index in [0.29, 0.717) is 46.4 Å². The molecule has 0 fully saturated rings. The monoisotopic (exact) mass is 411 g/mol. The zero-order valence-corrected chi connectivity index (χ0v) is 17.2. The maximum atomic E-state index is 12.7. The van der Waals surface area contributed by atoms with Crippen molar-refractivity contribution in [2.24, 2.45) is 0 Å². The number of nitrogens with one attached hydrogen (secondary N) is 1. The first-order valence-corrected chi connectivity index (χ1v) is 9.90. The molecule has 0 saturated heterocycles. The standard InChI is InChI=1S/C21H21N3O4S/c1-24(10-13-6-7-16(26-2)17(9-13)27-3)11-18-22-20(25)19-14(12-29-21(19)23-18)15-5-4-8-28-15/h4-9,12H,10-11H2,1-3H3,(H,22,23,25). The fourth-order valence-electron chi connectivity index (χ4n) is 3.28. The molecule has 0 amide bonds. The molecule has 0 aliphatic heterocycles. The zero-order chi connectivity index (χ0) is 20.4. The predicted octanol–water partition coefficient (Wildman–Crippen LogP) is 3.89. The number of H-pyrrole nitrogens is 1. The van der Waals surface area contributed by atoms with Crippen molar-refractivity contribution >= 4 is 21.6 Å². The van der Waals surface area contributed by atoms with Crippen molar-refractivity contribution in [2.45, 2.75) is 13.1 Å². The Bertz CT molecular complexity index is 1180. The minimum Gasteiger partial charge on any atom is -0.493 e. The summed E-state index contributed by atoms with van der Waals surface area (Å²) in [5, 5.41) is 2.47. The van der Waals surface area contributed by atoms with Crippen molar-refractivity contribution in [3.05, 3.63) is 63.7 Å². The molecule has 3 heterocycles. The third kappa shape index (κ3) is 3.90. The van der Waals surface area contributed by atoms with Crippen molar-refractivity contribution < 1.29 is 13.9 Å². The number of aromatic amines is 1. The Morgan fingerprint density at radius 3 is 2.72 bits per heavy atom. The Morgan fingerprint density at radius 2 is 2.00 bits per heavy atom. The van der Waals surface area contributed by atoms with Gasteiger partial charge < -0.3 is 18.9 Å². The summed E-state index contributed by atoms with van der Waals surface area (Å²) in [5.74, 6) is 2.68. The van der Waals surface area contributed by atoms with E-state index in [2.05, 4.69) is 14.9 Å². The van der Waals surface area contributed by atoms with Crippen LogP contribution in [0.25, 0.3) is 21.5 Å². The van der Waals surface area contributed by atoms with Gasteiger partial charge >= 0.3 is 0 Å². The summed E-state index contributed by atoms with van der Waals surface area (Å²) in [4.78, 5) is 23.0. The van der Waals surface area contributed by atoms with Crippen molar-refractivity contribution in [2.75, 3.05) is 21.3 Å². The second-order valence-electron chi connectivity index (χ2n) is 6.68. The molecule has 150 valence electrons. The van der Waals surface area contributed by atoms with E-state index in [9.17, 15) is 4.79 Å². The highest BCUT2D eigenvalue weighted by Crippen LogP contribution is 2.31. The topological polar surface area (TPSA) is 80.6 Å². The van der Waals surface area contributed by atoms with Gasteiger partial charge in [-0.2, -0.15) is 0 Å². The van der Waals surface area contributed by atoms with Crippen molar-refractivity contribution in [1.82, 2.24) is 14.9 Å². The van der Waals surface area contributed by atoms with Crippen LogP contribution < -0.4 is 15.0 Å². The minimum absolute atomic E-state index is 0.155. The first-order valence-electron chi connectivity index (χ1n) is 9.02. The molecule has 29 heavy (non-hydrogen) atoms. The first kappa shape index (κ1) is 19.2. The lowest BCUT2D eigenvalue weighted by atomic mass is 10.2. The fourth-order valence-corrected chi connectivity index (χ4v) is 4.23. The molecule has 0 saturated carbocycles. The maximum absolute atomic E-state index is 12.7. The Kier molecular flexibility index (Phi) is 5.37. The molecular formula is C21H21N3O4S. The Hall–Kier alpha value is -3.10. The number of fused-ring (bicyclic) bond motifs is 1. The number of rotatable bonds is 7. The molecule has 4 rings (SSSR count). The maximum Gasteiger partial charge on any atom is 0.260 e. The molecule has 0 bridgehead atoms. The molecule has 4 aromatic rings. The average molecular weight is 411 g/mol. The number of hydrogen-bond donors (Lipinski definition) is 1. The van der Waals surface area contributed by atoms with E-state index >= 15 is 0 Å². The van der Waals surface area contributed by atoms with Gasteiger partial charge in [-0.1, -0.05) is 6.07 Å². The summed E-state index contributed by atoms with van der Waals surface area (Å²) in [7, 11) is 5.21. The van der Waals surface area contributed by atoms with E-state index in [0.717, 1.165) is 11.1 Å². The van der Waals surface area contributed by atoms with E-state index in [1.807, 2.05) is 36.7 Å². The second-order valence-corrected chi connectivity index (χ2v) is 7.54. The lowest BCUT2D eigenvalue weighted by molar-refractivity contribution is 0.308. The molecule has 8 heteroatoms. The molecule has 7 nitrogen and oxygen atoms in total. The minimum atomic E-state index is -0.155. The Morgan fingerprint density at radius 1 is 1.17 bits per heavy atom. The quantitative estimate of drug-likeness (QED) is 0.497. The van der Waals surface area contributed by atoms with Gasteiger partial charge in [0.25, 0.3) is 5.56 Å². The van der Waals surface area contributed by atoms with Gasteiger partial charge in [0.05, 0.1) is 32.4 Å². The van der Waals surface area contributed by atoms with Gasteiger partial charge in [0.2, 0.25) is 0 Å². The van der Waals surface area contributed by atoms with E-state index in [4.69, 9.17) is 13.9 Å². The number of nitrogens with zero attached hydrogens (tertiary/aromatic N) is 2. The number of ether oxygens (including phenoxy) is 2. The van der Waals surface area contributed by atoms with Gasteiger partial charge in [-0.3, -0.25) is 9.69 Å². The molecule has 0 spiro atoms. The Labute approximate surface area is 171 Å². The van der Waals surface area contributed by atoms with Crippen LogP contribution >= 0.6 is 11.3 Å². The van der Waals surface area contributed by atoms with E-state index < -0.39 is 0 Å². The SMILES string of the molecule is COc1ccc(CN(C)Cc2nc3scc(-c4ccco4)c3c(=O)[nH]2)cc1OC. The molecule has 0 aliphatic carbocycles. The average Bonchev–Trinajstić information content (AvgIpc) is 3.37. The summed E-state index contributed by atoms with van der Waals surface area (Å²) in [6, 6.07) is 9.47. The number of methoxy groups -OCH3 is 2. The van der Waals surface area contributed by atoms with Crippen molar-refractivity contribution in [3.8, 4) is 22.8 Å². The summed E-state index contributed by atoms with van der Waals surface area (Å²) in [6.07, 6.45) is 1.60. The van der Waals surface area contributed by atoms with Gasteiger partial charge in [0, 0.05) is 17.5 Å². The summed E-state index contributed by atoms with van der Waals surface area (Å²) < 4.78 is 16.1. The molecule has 0 atom stereocenters. The highest BCUT2D eigenvalue weighted by molar-refractivity contribution is 7.17. The molecular weight excluding hydrogens is 390 g/mol. The highest BCUT2D eigenvalue weighted by Gasteiger charge is 2.15. The number of aromatic nitrogens is 2. The van der Waals surface area contributed by atoms with Crippen LogP contribution in [0.3, 0.4) is 0 Å². The van der Waals surface area contributed by atoms with Crippen LogP contribution in [-0.2, 0) is 13.1 Å². The van der Waals surface area contributed by atoms with E-state index in [-0.39, 0.29) is 5.56 Å². The molecule has 1 N–H and O–H groups in total. The van der Waals surface area contributed by atoms with Crippen molar-refractivity contribution in [1.29, 1.82) is 0 Å². The van der Waals surface area contributed by atoms with Gasteiger partial charge in [-0.25, -0.2) is 4.98 Å². The number of furan rings is 1. The lowest BCUT2D eigenvalue weighted by Gasteiger charge is -2.17. The molecule has 3 aromatic heterocycles. The predicted molar refractivity (Wildman–Crippen MR) is 113 cm³/mol. The van der Waals surface area contributed by atoms with Crippen LogP contribution in [0.1, 0.15) is 11.4 Å². The number of thiophene rings is 1. The normalized spacial score (nSPS) is 11.3. The van der Waals surface area contributed by atoms with Gasteiger partial charge in [0.1, 0.15) is 16.4 Å². The van der Waals surface area contributed by atoms with E-state index in [1.165, 1.54) is 11.3 Å². The van der Waals surface area contributed by atoms with Crippen LogP contribution in [-0.4, -0.2) is 36.1 Å². The first-order chi connectivity index (χ1) is 14.1. The van der Waals surface area contributed by atoms with Gasteiger partial charge in [-0.05, 0) is 36.9 Å². The van der Waals surface area contributed by atoms with Crippen LogP contribution in [0, 0.1) is 0 Å². The summed E-state index contributed by atoms with van der Waals surface area (Å²) in [6.45, 7) is 1.18. The van der Waals surface area contributed by atoms with Crippen LogP contribution in [0.4, 0.5) is 0 Å². The number of benzene rings is 1. The fraction of sp³-hybridized carbons (Fsp3) is 0.238. The third-order valence-electron chi connectivity index (χ3n) is 4.60. The van der Waals surface area contributed by atoms with Crippen molar-refractivity contribution in [3.63, 3.8) is 0 Å². The molecule has 0 radical (unpaired) electrons. The number of hydrogen-bond acceptors (Lipinski definition) is 7. The van der Waals surface area contributed by atoms with Crippen LogP contribution in [0.2, 0.25) is 0 Å². The van der Waals surface area contributed by atoms with Gasteiger partial charge in [0.15, 0.2) is 11.5 Å². The molecule has 1 aromatic carbocycles. The summed E-state index contributed by atoms with van der Waals surface area (Å²) >= 11 is 1.44. The third-order valence-corrected chi connectivity index (χ3v) is 5.47. The molecule has 0 aliphatic rings. The largest absolute Gasteiger partial charge is 0.493 e. The van der Waals surface area contributed by atoms with E-state index in [1.54, 1.807) is 26.5 Å². The van der Waals surface area contributed by atoms with Crippen LogP contribution in [0.5, 0.6) is 11.5 Å². The highest BCUT2D eigenvalue weighted by atomic mass is 32.1. The second kappa shape index (κ2) is 8.10. The Balaban J connectivity index is 1.54. The lowest BCUT2D eigenvalue weighted by Crippen LogP contribution is -2.21. The smallest absolute Gasteiger partial charge is 0.260 e. The van der Waals surface area contributed by atoms with Crippen LogP contribution in [0.15, 0.2) is 51.2 Å². The zero-order valence-electron chi connectivity index (χ0n) is 16.4. The summed E-state index contributed by atoms with van der Waals surface area (Å²) in [5.41, 5.74) is 1.69. The van der Waals surface area contributed by atoms with Gasteiger partial charge in [-0.15, -0.1) is 11.3 Å². The molecule has 0 unspecified atom stereocenters.